The van der Waals surface area contributed by atoms with Crippen molar-refractivity contribution in [3.05, 3.63) is 40.3 Å². The number of rotatable bonds is 6. The van der Waals surface area contributed by atoms with Crippen LogP contribution in [0, 0.1) is 37.0 Å². The maximum atomic E-state index is 12.7. The second kappa shape index (κ2) is 8.42. The maximum Gasteiger partial charge on any atom is 0.359 e. The first-order chi connectivity index (χ1) is 15.7. The first-order valence-electron chi connectivity index (χ1n) is 11.9. The molecular weight excluding hydrogens is 440 g/mol. The average Bonchev–Trinajstić information content (AvgIpc) is 3.09. The van der Waals surface area contributed by atoms with Gasteiger partial charge in [0.15, 0.2) is 18.1 Å². The van der Waals surface area contributed by atoms with Crippen LogP contribution in [-0.2, 0) is 9.53 Å². The number of amides is 1. The van der Waals surface area contributed by atoms with Crippen molar-refractivity contribution in [2.24, 2.45) is 23.2 Å². The van der Waals surface area contributed by atoms with E-state index in [1.807, 2.05) is 19.9 Å². The third-order valence-electron chi connectivity index (χ3n) is 7.97. The third kappa shape index (κ3) is 4.27. The number of carbonyl (C=O) groups excluding carboxylic acids is 2. The third-order valence-corrected chi connectivity index (χ3v) is 8.27. The molecule has 1 atom stereocenters. The van der Waals surface area contributed by atoms with E-state index >= 15 is 0 Å². The van der Waals surface area contributed by atoms with Crippen LogP contribution in [0.15, 0.2) is 18.2 Å². The molecule has 0 saturated heterocycles. The number of esters is 1. The molecule has 33 heavy (non-hydrogen) atoms. The molecule has 6 rings (SSSR count). The number of ether oxygens (including phenoxy) is 1. The summed E-state index contributed by atoms with van der Waals surface area (Å²) in [4.78, 5) is 29.7. The summed E-state index contributed by atoms with van der Waals surface area (Å²) in [5, 5.41) is 7.69. The molecule has 2 heterocycles. The van der Waals surface area contributed by atoms with Gasteiger partial charge in [0.25, 0.3) is 5.91 Å². The molecule has 2 aromatic heterocycles. The zero-order valence-corrected chi connectivity index (χ0v) is 20.2. The number of hydrogen-bond acceptors (Lipinski definition) is 5. The number of aryl methyl sites for hydroxylation is 2. The van der Waals surface area contributed by atoms with Crippen molar-refractivity contribution >= 4 is 23.5 Å². The Morgan fingerprint density at radius 1 is 1.18 bits per heavy atom. The van der Waals surface area contributed by atoms with Crippen molar-refractivity contribution in [3.8, 4) is 5.82 Å². The van der Waals surface area contributed by atoms with Gasteiger partial charge >= 0.3 is 5.97 Å². The molecule has 0 unspecified atom stereocenters. The number of carbonyl (C=O) groups is 2. The fraction of sp³-hybridized carbons (Fsp3) is 0.600. The van der Waals surface area contributed by atoms with Crippen molar-refractivity contribution in [1.82, 2.24) is 20.1 Å². The topological polar surface area (TPSA) is 86.1 Å². The van der Waals surface area contributed by atoms with Crippen LogP contribution in [0.3, 0.4) is 0 Å². The van der Waals surface area contributed by atoms with E-state index in [1.54, 1.807) is 16.8 Å². The second-order valence-corrected chi connectivity index (χ2v) is 10.9. The van der Waals surface area contributed by atoms with Crippen molar-refractivity contribution in [2.75, 3.05) is 6.61 Å². The minimum Gasteiger partial charge on any atom is -0.451 e. The van der Waals surface area contributed by atoms with Crippen LogP contribution in [-0.4, -0.2) is 39.3 Å². The van der Waals surface area contributed by atoms with Gasteiger partial charge in [-0.15, -0.1) is 0 Å². The molecule has 4 aliphatic carbocycles. The Balaban J connectivity index is 1.21. The molecule has 4 fully saturated rings. The number of hydrogen-bond donors (Lipinski definition) is 1. The Bertz CT molecular complexity index is 1060. The Kier molecular flexibility index (Phi) is 5.71. The highest BCUT2D eigenvalue weighted by Crippen LogP contribution is 2.61. The van der Waals surface area contributed by atoms with E-state index in [-0.39, 0.29) is 34.7 Å². The predicted octanol–water partition coefficient (Wildman–Crippen LogP) is 4.42. The molecular formula is C25H31ClN4O3. The minimum atomic E-state index is -0.721. The molecule has 7 nitrogen and oxygen atoms in total. The molecule has 0 spiro atoms. The van der Waals surface area contributed by atoms with Crippen LogP contribution in [0.2, 0.25) is 5.02 Å². The molecule has 1 N–H and O–H groups in total. The lowest BCUT2D eigenvalue weighted by molar-refractivity contribution is -0.128. The fourth-order valence-corrected chi connectivity index (χ4v) is 7.08. The van der Waals surface area contributed by atoms with Gasteiger partial charge in [-0.05, 0) is 101 Å². The van der Waals surface area contributed by atoms with E-state index in [0.29, 0.717) is 5.82 Å². The van der Waals surface area contributed by atoms with E-state index < -0.39 is 5.97 Å². The van der Waals surface area contributed by atoms with Gasteiger partial charge in [0.05, 0.1) is 10.7 Å². The van der Waals surface area contributed by atoms with Crippen LogP contribution in [0.4, 0.5) is 0 Å². The van der Waals surface area contributed by atoms with Crippen LogP contribution >= 0.6 is 11.6 Å². The molecule has 8 heteroatoms. The number of halogens is 1. The van der Waals surface area contributed by atoms with Crippen LogP contribution in [0.1, 0.15) is 67.3 Å². The average molecular weight is 471 g/mol. The molecule has 0 aromatic carbocycles. The van der Waals surface area contributed by atoms with Gasteiger partial charge in [-0.25, -0.2) is 14.5 Å². The van der Waals surface area contributed by atoms with Gasteiger partial charge in [0, 0.05) is 11.7 Å². The maximum absolute atomic E-state index is 12.7. The molecule has 1 amide bonds. The van der Waals surface area contributed by atoms with Gasteiger partial charge < -0.3 is 10.1 Å². The summed E-state index contributed by atoms with van der Waals surface area (Å²) in [5.41, 5.74) is 1.91. The molecule has 2 aromatic rings. The molecule has 4 aliphatic rings. The Morgan fingerprint density at radius 2 is 1.82 bits per heavy atom. The van der Waals surface area contributed by atoms with E-state index in [2.05, 4.69) is 22.3 Å². The molecule has 0 radical (unpaired) electrons. The van der Waals surface area contributed by atoms with E-state index in [4.69, 9.17) is 16.3 Å². The molecule has 4 saturated carbocycles. The quantitative estimate of drug-likeness (QED) is 0.632. The highest BCUT2D eigenvalue weighted by Gasteiger charge is 2.53. The van der Waals surface area contributed by atoms with Crippen molar-refractivity contribution in [2.45, 2.75) is 65.3 Å². The largest absolute Gasteiger partial charge is 0.451 e. The smallest absolute Gasteiger partial charge is 0.359 e. The summed E-state index contributed by atoms with van der Waals surface area (Å²) in [7, 11) is 0. The predicted molar refractivity (Wildman–Crippen MR) is 124 cm³/mol. The Morgan fingerprint density at radius 3 is 2.39 bits per heavy atom. The monoisotopic (exact) mass is 470 g/mol. The lowest BCUT2D eigenvalue weighted by atomic mass is 9.48. The van der Waals surface area contributed by atoms with Gasteiger partial charge in [0.1, 0.15) is 0 Å². The van der Waals surface area contributed by atoms with Gasteiger partial charge in [-0.3, -0.25) is 4.79 Å². The van der Waals surface area contributed by atoms with E-state index in [9.17, 15) is 9.59 Å². The van der Waals surface area contributed by atoms with Crippen LogP contribution in [0.5, 0.6) is 0 Å². The number of aromatic nitrogens is 3. The lowest BCUT2D eigenvalue weighted by Crippen LogP contribution is -2.56. The first-order valence-corrected chi connectivity index (χ1v) is 12.3. The Labute approximate surface area is 199 Å². The van der Waals surface area contributed by atoms with Crippen molar-refractivity contribution in [3.63, 3.8) is 0 Å². The highest BCUT2D eigenvalue weighted by molar-refractivity contribution is 6.33. The SMILES string of the molecule is Cc1cc(C)n(-c2ccc(Cl)c(C(=O)OCC(=O)N[C@H](C)C34CC5CC(CC(C5)C3)C4)n2)n1. The van der Waals surface area contributed by atoms with Gasteiger partial charge in [-0.1, -0.05) is 11.6 Å². The Hall–Kier alpha value is -2.41. The van der Waals surface area contributed by atoms with Gasteiger partial charge in [0.2, 0.25) is 0 Å². The van der Waals surface area contributed by atoms with Crippen LogP contribution < -0.4 is 5.32 Å². The molecule has 4 bridgehead atoms. The zero-order valence-electron chi connectivity index (χ0n) is 19.4. The minimum absolute atomic E-state index is 0.0244. The van der Waals surface area contributed by atoms with E-state index in [1.165, 1.54) is 38.5 Å². The summed E-state index contributed by atoms with van der Waals surface area (Å²) in [6.45, 7) is 5.56. The normalized spacial score (nSPS) is 28.5. The van der Waals surface area contributed by atoms with Crippen LogP contribution in [0.25, 0.3) is 5.82 Å². The van der Waals surface area contributed by atoms with Gasteiger partial charge in [-0.2, -0.15) is 5.10 Å². The highest BCUT2D eigenvalue weighted by atomic mass is 35.5. The van der Waals surface area contributed by atoms with Crippen molar-refractivity contribution in [1.29, 1.82) is 0 Å². The molecule has 176 valence electrons. The second-order valence-electron chi connectivity index (χ2n) is 10.5. The fourth-order valence-electron chi connectivity index (χ4n) is 6.90. The standard InChI is InChI=1S/C25H31ClN4O3/c1-14-6-15(2)30(29-14)21-5-4-20(26)23(28-21)24(32)33-13-22(31)27-16(3)25-10-17-7-18(11-25)9-19(8-17)12-25/h4-6,16-19H,7-13H2,1-3H3,(H,27,31)/t16-,17?,18?,19?,25?/m1/s1. The number of nitrogens with zero attached hydrogens (tertiary/aromatic N) is 3. The summed E-state index contributed by atoms with van der Waals surface area (Å²) < 4.78 is 6.93. The summed E-state index contributed by atoms with van der Waals surface area (Å²) in [6.07, 6.45) is 7.71. The zero-order chi connectivity index (χ0) is 23.3. The first kappa shape index (κ1) is 22.4. The van der Waals surface area contributed by atoms with E-state index in [0.717, 1.165) is 29.1 Å². The molecule has 0 aliphatic heterocycles. The summed E-state index contributed by atoms with van der Waals surface area (Å²) in [6, 6.07) is 5.28. The number of pyridine rings is 1. The van der Waals surface area contributed by atoms with Crippen molar-refractivity contribution < 1.29 is 14.3 Å². The lowest BCUT2D eigenvalue weighted by Gasteiger charge is -2.59. The summed E-state index contributed by atoms with van der Waals surface area (Å²) in [5.74, 6) is 1.92. The number of nitrogens with one attached hydrogen (secondary N) is 1. The summed E-state index contributed by atoms with van der Waals surface area (Å²) >= 11 is 6.21.